The standard InChI is InChI=1S/C19H20O6/c1-23-18-8-4-13(11-19(18)24-2)3-7-16(21)15-6-5-14(12-17(15)22)25-10-9-20/h3-8,11-12,20,22H,9-10H2,1-2H3/b7-3+. The second-order valence-corrected chi connectivity index (χ2v) is 5.06. The minimum Gasteiger partial charge on any atom is -0.507 e. The number of phenols is 1. The summed E-state index contributed by atoms with van der Waals surface area (Å²) in [6.45, 7) is -0.0125. The smallest absolute Gasteiger partial charge is 0.189 e. The van der Waals surface area contributed by atoms with Crippen molar-refractivity contribution in [3.63, 3.8) is 0 Å². The molecule has 0 radical (unpaired) electrons. The number of ether oxygens (including phenoxy) is 3. The Kier molecular flexibility index (Phi) is 6.42. The molecule has 132 valence electrons. The molecule has 6 heteroatoms. The number of ketones is 1. The maximum atomic E-state index is 12.3. The fourth-order valence-corrected chi connectivity index (χ4v) is 2.19. The molecule has 25 heavy (non-hydrogen) atoms. The Bertz CT molecular complexity index is 767. The van der Waals surface area contributed by atoms with Gasteiger partial charge in [0.15, 0.2) is 17.3 Å². The van der Waals surface area contributed by atoms with Crippen LogP contribution in [0.1, 0.15) is 15.9 Å². The molecule has 0 aromatic heterocycles. The fourth-order valence-electron chi connectivity index (χ4n) is 2.19. The van der Waals surface area contributed by atoms with E-state index in [1.54, 1.807) is 37.5 Å². The van der Waals surface area contributed by atoms with E-state index in [0.29, 0.717) is 17.2 Å². The van der Waals surface area contributed by atoms with Crippen molar-refractivity contribution >= 4 is 11.9 Å². The molecule has 0 aliphatic carbocycles. The molecule has 0 saturated carbocycles. The van der Waals surface area contributed by atoms with E-state index in [9.17, 15) is 9.90 Å². The van der Waals surface area contributed by atoms with E-state index in [4.69, 9.17) is 19.3 Å². The van der Waals surface area contributed by atoms with Crippen LogP contribution in [-0.4, -0.2) is 43.4 Å². The second kappa shape index (κ2) is 8.75. The van der Waals surface area contributed by atoms with Gasteiger partial charge in [-0.05, 0) is 35.9 Å². The first kappa shape index (κ1) is 18.4. The monoisotopic (exact) mass is 344 g/mol. The fraction of sp³-hybridized carbons (Fsp3) is 0.211. The Morgan fingerprint density at radius 2 is 1.84 bits per heavy atom. The molecule has 2 aromatic rings. The van der Waals surface area contributed by atoms with Crippen LogP contribution in [0, 0.1) is 0 Å². The summed E-state index contributed by atoms with van der Waals surface area (Å²) in [6.07, 6.45) is 2.99. The predicted octanol–water partition coefficient (Wildman–Crippen LogP) is 2.68. The lowest BCUT2D eigenvalue weighted by molar-refractivity contribution is 0.104. The van der Waals surface area contributed by atoms with Crippen LogP contribution in [0.25, 0.3) is 6.08 Å². The van der Waals surface area contributed by atoms with Crippen LogP contribution in [0.3, 0.4) is 0 Å². The normalized spacial score (nSPS) is 10.7. The highest BCUT2D eigenvalue weighted by molar-refractivity contribution is 6.08. The van der Waals surface area contributed by atoms with Gasteiger partial charge >= 0.3 is 0 Å². The van der Waals surface area contributed by atoms with Crippen LogP contribution in [0.15, 0.2) is 42.5 Å². The Balaban J connectivity index is 2.15. The van der Waals surface area contributed by atoms with Gasteiger partial charge in [0.05, 0.1) is 26.4 Å². The van der Waals surface area contributed by atoms with Gasteiger partial charge in [-0.15, -0.1) is 0 Å². The van der Waals surface area contributed by atoms with Crippen molar-refractivity contribution < 1.29 is 29.2 Å². The molecule has 0 aliphatic rings. The number of phenolic OH excluding ortho intramolecular Hbond substituents is 1. The number of rotatable bonds is 8. The Hall–Kier alpha value is -2.99. The Morgan fingerprint density at radius 3 is 2.48 bits per heavy atom. The summed E-state index contributed by atoms with van der Waals surface area (Å²) >= 11 is 0. The SMILES string of the molecule is COc1ccc(/C=C/C(=O)c2ccc(OCCO)cc2O)cc1OC. The van der Waals surface area contributed by atoms with Gasteiger partial charge in [0, 0.05) is 6.07 Å². The molecular formula is C19H20O6. The van der Waals surface area contributed by atoms with Crippen LogP contribution >= 0.6 is 0 Å². The number of methoxy groups -OCH3 is 2. The van der Waals surface area contributed by atoms with Crippen molar-refractivity contribution in [1.82, 2.24) is 0 Å². The third-order valence-corrected chi connectivity index (χ3v) is 3.43. The molecule has 0 fully saturated rings. The topological polar surface area (TPSA) is 85.2 Å². The van der Waals surface area contributed by atoms with E-state index in [2.05, 4.69) is 0 Å². The van der Waals surface area contributed by atoms with E-state index in [1.165, 1.54) is 25.3 Å². The quantitative estimate of drug-likeness (QED) is 0.566. The molecule has 2 aromatic carbocycles. The summed E-state index contributed by atoms with van der Waals surface area (Å²) in [7, 11) is 3.09. The maximum Gasteiger partial charge on any atom is 0.189 e. The van der Waals surface area contributed by atoms with Gasteiger partial charge in [-0.3, -0.25) is 4.79 Å². The van der Waals surface area contributed by atoms with Crippen molar-refractivity contribution in [1.29, 1.82) is 0 Å². The summed E-state index contributed by atoms with van der Waals surface area (Å²) < 4.78 is 15.6. The zero-order valence-electron chi connectivity index (χ0n) is 14.1. The average molecular weight is 344 g/mol. The first-order valence-corrected chi connectivity index (χ1v) is 7.60. The highest BCUT2D eigenvalue weighted by atomic mass is 16.5. The molecule has 6 nitrogen and oxygen atoms in total. The number of allylic oxidation sites excluding steroid dienone is 1. The molecule has 2 N–H and O–H groups in total. The number of carbonyl (C=O) groups is 1. The summed E-state index contributed by atoms with van der Waals surface area (Å²) in [5, 5.41) is 18.7. The predicted molar refractivity (Wildman–Crippen MR) is 93.6 cm³/mol. The molecule has 0 unspecified atom stereocenters. The minimum absolute atomic E-state index is 0.117. The number of hydrogen-bond acceptors (Lipinski definition) is 6. The van der Waals surface area contributed by atoms with Crippen LogP contribution in [-0.2, 0) is 0 Å². The highest BCUT2D eigenvalue weighted by Gasteiger charge is 2.10. The van der Waals surface area contributed by atoms with E-state index in [-0.39, 0.29) is 30.3 Å². The molecule has 0 atom stereocenters. The number of aliphatic hydroxyl groups is 1. The van der Waals surface area contributed by atoms with Crippen molar-refractivity contribution in [2.75, 3.05) is 27.4 Å². The van der Waals surface area contributed by atoms with Crippen molar-refractivity contribution in [3.8, 4) is 23.0 Å². The van der Waals surface area contributed by atoms with Gasteiger partial charge < -0.3 is 24.4 Å². The zero-order valence-corrected chi connectivity index (χ0v) is 14.1. The summed E-state index contributed by atoms with van der Waals surface area (Å²) in [4.78, 5) is 12.3. The Morgan fingerprint density at radius 1 is 1.08 bits per heavy atom. The van der Waals surface area contributed by atoms with E-state index < -0.39 is 0 Å². The third-order valence-electron chi connectivity index (χ3n) is 3.43. The molecule has 0 spiro atoms. The maximum absolute atomic E-state index is 12.3. The van der Waals surface area contributed by atoms with Gasteiger partial charge in [-0.25, -0.2) is 0 Å². The van der Waals surface area contributed by atoms with Gasteiger partial charge in [-0.1, -0.05) is 12.1 Å². The number of carbonyl (C=O) groups excluding carboxylic acids is 1. The first-order chi connectivity index (χ1) is 12.1. The van der Waals surface area contributed by atoms with Crippen molar-refractivity contribution in [2.45, 2.75) is 0 Å². The van der Waals surface area contributed by atoms with Crippen LogP contribution < -0.4 is 14.2 Å². The average Bonchev–Trinajstić information content (AvgIpc) is 2.64. The molecule has 0 bridgehead atoms. The van der Waals surface area contributed by atoms with Crippen LogP contribution in [0.5, 0.6) is 23.0 Å². The lowest BCUT2D eigenvalue weighted by Crippen LogP contribution is -2.02. The molecule has 2 rings (SSSR count). The molecule has 0 heterocycles. The van der Waals surface area contributed by atoms with Crippen molar-refractivity contribution in [2.24, 2.45) is 0 Å². The lowest BCUT2D eigenvalue weighted by atomic mass is 10.1. The summed E-state index contributed by atoms with van der Waals surface area (Å²) in [6, 6.07) is 9.65. The van der Waals surface area contributed by atoms with Crippen LogP contribution in [0.4, 0.5) is 0 Å². The third kappa shape index (κ3) is 4.74. The number of benzene rings is 2. The molecular weight excluding hydrogens is 324 g/mol. The molecule has 0 amide bonds. The Labute approximate surface area is 145 Å². The molecule has 0 aliphatic heterocycles. The summed E-state index contributed by atoms with van der Waals surface area (Å²) in [5.74, 6) is 1.01. The van der Waals surface area contributed by atoms with Gasteiger partial charge in [-0.2, -0.15) is 0 Å². The number of hydrogen-bond donors (Lipinski definition) is 2. The number of aromatic hydroxyl groups is 1. The van der Waals surface area contributed by atoms with E-state index in [1.807, 2.05) is 0 Å². The van der Waals surface area contributed by atoms with Crippen molar-refractivity contribution in [3.05, 3.63) is 53.6 Å². The highest BCUT2D eigenvalue weighted by Crippen LogP contribution is 2.28. The summed E-state index contributed by atoms with van der Waals surface area (Å²) in [5.41, 5.74) is 0.918. The van der Waals surface area contributed by atoms with Gasteiger partial charge in [0.1, 0.15) is 18.1 Å². The largest absolute Gasteiger partial charge is 0.507 e. The first-order valence-electron chi connectivity index (χ1n) is 7.60. The van der Waals surface area contributed by atoms with Gasteiger partial charge in [0.25, 0.3) is 0 Å². The second-order valence-electron chi connectivity index (χ2n) is 5.06. The minimum atomic E-state index is -0.346. The lowest BCUT2D eigenvalue weighted by Gasteiger charge is -2.08. The molecule has 0 saturated heterocycles. The zero-order chi connectivity index (χ0) is 18.2. The van der Waals surface area contributed by atoms with E-state index in [0.717, 1.165) is 5.56 Å². The van der Waals surface area contributed by atoms with Crippen LogP contribution in [0.2, 0.25) is 0 Å². The number of aliphatic hydroxyl groups excluding tert-OH is 1. The van der Waals surface area contributed by atoms with E-state index >= 15 is 0 Å². The van der Waals surface area contributed by atoms with Gasteiger partial charge in [0.2, 0.25) is 0 Å².